The number of para-hydroxylation sites is 1. The SMILES string of the molecule is CNCCOc1ccc(-c2cc(N3CC(CNC)C3)c3ccccc3n2)cc1. The smallest absolute Gasteiger partial charge is 0.119 e. The van der Waals surface area contributed by atoms with Gasteiger partial charge in [0.15, 0.2) is 0 Å². The first-order valence-electron chi connectivity index (χ1n) is 9.95. The van der Waals surface area contributed by atoms with E-state index in [0.29, 0.717) is 6.61 Å². The molecule has 2 aromatic carbocycles. The Kier molecular flexibility index (Phi) is 5.74. The molecule has 146 valence electrons. The van der Waals surface area contributed by atoms with E-state index in [-0.39, 0.29) is 0 Å². The van der Waals surface area contributed by atoms with Gasteiger partial charge in [0.25, 0.3) is 0 Å². The molecule has 2 heterocycles. The van der Waals surface area contributed by atoms with E-state index < -0.39 is 0 Å². The Morgan fingerprint density at radius 2 is 1.82 bits per heavy atom. The molecule has 1 saturated heterocycles. The van der Waals surface area contributed by atoms with Gasteiger partial charge in [-0.3, -0.25) is 0 Å². The number of likely N-dealkylation sites (N-methyl/N-ethyl adjacent to an activating group) is 1. The van der Waals surface area contributed by atoms with E-state index in [1.54, 1.807) is 0 Å². The highest BCUT2D eigenvalue weighted by molar-refractivity contribution is 5.94. The molecule has 0 bridgehead atoms. The van der Waals surface area contributed by atoms with Gasteiger partial charge in [-0.15, -0.1) is 0 Å². The Bertz CT molecular complexity index is 920. The highest BCUT2D eigenvalue weighted by Gasteiger charge is 2.27. The number of fused-ring (bicyclic) bond motifs is 1. The van der Waals surface area contributed by atoms with Crippen LogP contribution in [0.15, 0.2) is 54.6 Å². The van der Waals surface area contributed by atoms with Crippen molar-refractivity contribution in [1.82, 2.24) is 15.6 Å². The molecule has 0 spiro atoms. The van der Waals surface area contributed by atoms with Crippen LogP contribution in [0.3, 0.4) is 0 Å². The minimum absolute atomic E-state index is 0.664. The van der Waals surface area contributed by atoms with Crippen molar-refractivity contribution in [3.8, 4) is 17.0 Å². The quantitative estimate of drug-likeness (QED) is 0.592. The number of rotatable bonds is 8. The van der Waals surface area contributed by atoms with Crippen molar-refractivity contribution in [2.75, 3.05) is 51.8 Å². The van der Waals surface area contributed by atoms with Gasteiger partial charge in [-0.25, -0.2) is 4.98 Å². The summed E-state index contributed by atoms with van der Waals surface area (Å²) in [5.41, 5.74) is 4.44. The molecule has 0 saturated carbocycles. The minimum atomic E-state index is 0.664. The van der Waals surface area contributed by atoms with Gasteiger partial charge in [0.2, 0.25) is 0 Å². The third kappa shape index (κ3) is 3.96. The molecule has 2 N–H and O–H groups in total. The summed E-state index contributed by atoms with van der Waals surface area (Å²) in [6.45, 7) is 4.75. The van der Waals surface area contributed by atoms with E-state index in [2.05, 4.69) is 58.0 Å². The lowest BCUT2D eigenvalue weighted by atomic mass is 9.97. The van der Waals surface area contributed by atoms with E-state index in [9.17, 15) is 0 Å². The number of ether oxygens (including phenoxy) is 1. The Morgan fingerprint density at radius 1 is 1.04 bits per heavy atom. The zero-order valence-corrected chi connectivity index (χ0v) is 16.6. The van der Waals surface area contributed by atoms with Crippen LogP contribution >= 0.6 is 0 Å². The van der Waals surface area contributed by atoms with E-state index in [1.165, 1.54) is 11.1 Å². The van der Waals surface area contributed by atoms with Crippen LogP contribution < -0.4 is 20.3 Å². The molecule has 0 unspecified atom stereocenters. The molecule has 1 aliphatic rings. The van der Waals surface area contributed by atoms with Crippen molar-refractivity contribution >= 4 is 16.6 Å². The average Bonchev–Trinajstić information content (AvgIpc) is 2.70. The summed E-state index contributed by atoms with van der Waals surface area (Å²) in [5, 5.41) is 7.60. The number of anilines is 1. The molecule has 1 fully saturated rings. The zero-order chi connectivity index (χ0) is 19.3. The fourth-order valence-electron chi connectivity index (χ4n) is 3.74. The van der Waals surface area contributed by atoms with E-state index >= 15 is 0 Å². The number of aromatic nitrogens is 1. The molecule has 0 aliphatic carbocycles. The van der Waals surface area contributed by atoms with E-state index in [1.807, 2.05) is 26.2 Å². The first-order chi connectivity index (χ1) is 13.8. The van der Waals surface area contributed by atoms with Crippen molar-refractivity contribution in [3.63, 3.8) is 0 Å². The molecule has 1 aromatic heterocycles. The predicted octanol–water partition coefficient (Wildman–Crippen LogP) is 3.16. The first-order valence-corrected chi connectivity index (χ1v) is 9.95. The summed E-state index contributed by atoms with van der Waals surface area (Å²) in [5.74, 6) is 1.60. The van der Waals surface area contributed by atoms with Gasteiger partial charge in [0, 0.05) is 48.7 Å². The number of hydrogen-bond donors (Lipinski definition) is 2. The van der Waals surface area contributed by atoms with Crippen LogP contribution in [-0.2, 0) is 0 Å². The summed E-state index contributed by atoms with van der Waals surface area (Å²) in [7, 11) is 3.95. The second kappa shape index (κ2) is 8.59. The second-order valence-electron chi connectivity index (χ2n) is 7.35. The lowest BCUT2D eigenvalue weighted by Crippen LogP contribution is -2.50. The minimum Gasteiger partial charge on any atom is -0.492 e. The molecule has 1 aliphatic heterocycles. The van der Waals surface area contributed by atoms with Gasteiger partial charge in [0.05, 0.1) is 11.2 Å². The fourth-order valence-corrected chi connectivity index (χ4v) is 3.74. The molecule has 28 heavy (non-hydrogen) atoms. The number of hydrogen-bond acceptors (Lipinski definition) is 5. The lowest BCUT2D eigenvalue weighted by molar-refractivity contribution is 0.318. The number of benzene rings is 2. The van der Waals surface area contributed by atoms with Gasteiger partial charge in [-0.05, 0) is 50.5 Å². The third-order valence-electron chi connectivity index (χ3n) is 5.26. The van der Waals surface area contributed by atoms with Gasteiger partial charge >= 0.3 is 0 Å². The van der Waals surface area contributed by atoms with Crippen LogP contribution in [0.5, 0.6) is 5.75 Å². The fraction of sp³-hybridized carbons (Fsp3) is 0.348. The average molecular weight is 377 g/mol. The number of nitrogens with zero attached hydrogens (tertiary/aromatic N) is 2. The lowest BCUT2D eigenvalue weighted by Gasteiger charge is -2.41. The maximum Gasteiger partial charge on any atom is 0.119 e. The van der Waals surface area contributed by atoms with Gasteiger partial charge in [0.1, 0.15) is 12.4 Å². The summed E-state index contributed by atoms with van der Waals surface area (Å²) in [4.78, 5) is 7.38. The molecular formula is C23H28N4O. The standard InChI is InChI=1S/C23H28N4O/c1-24-11-12-28-19-9-7-18(8-10-19)22-13-23(27-15-17(16-27)14-25-2)20-5-3-4-6-21(20)26-22/h3-10,13,17,24-25H,11-12,14-16H2,1-2H3. The summed E-state index contributed by atoms with van der Waals surface area (Å²) < 4.78 is 5.73. The molecular weight excluding hydrogens is 348 g/mol. The summed E-state index contributed by atoms with van der Waals surface area (Å²) in [6.07, 6.45) is 0. The van der Waals surface area contributed by atoms with Gasteiger partial charge in [-0.2, -0.15) is 0 Å². The van der Waals surface area contributed by atoms with Crippen molar-refractivity contribution in [2.24, 2.45) is 5.92 Å². The normalized spacial score (nSPS) is 14.3. The Morgan fingerprint density at radius 3 is 2.57 bits per heavy atom. The summed E-state index contributed by atoms with van der Waals surface area (Å²) in [6, 6.07) is 18.9. The molecule has 4 rings (SSSR count). The molecule has 3 aromatic rings. The molecule has 0 atom stereocenters. The van der Waals surface area contributed by atoms with Crippen LogP contribution in [0.4, 0.5) is 5.69 Å². The highest BCUT2D eigenvalue weighted by atomic mass is 16.5. The van der Waals surface area contributed by atoms with E-state index in [4.69, 9.17) is 9.72 Å². The van der Waals surface area contributed by atoms with Crippen LogP contribution in [-0.4, -0.2) is 51.9 Å². The Balaban J connectivity index is 1.61. The Labute approximate surface area is 166 Å². The van der Waals surface area contributed by atoms with Crippen molar-refractivity contribution in [1.29, 1.82) is 0 Å². The second-order valence-corrected chi connectivity index (χ2v) is 7.35. The first kappa shape index (κ1) is 18.7. The Hall–Kier alpha value is -2.63. The van der Waals surface area contributed by atoms with Crippen LogP contribution in [0, 0.1) is 5.92 Å². The van der Waals surface area contributed by atoms with Crippen molar-refractivity contribution in [3.05, 3.63) is 54.6 Å². The predicted molar refractivity (Wildman–Crippen MR) is 116 cm³/mol. The highest BCUT2D eigenvalue weighted by Crippen LogP contribution is 2.34. The van der Waals surface area contributed by atoms with Gasteiger partial charge in [-0.1, -0.05) is 18.2 Å². The maximum atomic E-state index is 5.73. The molecule has 5 heteroatoms. The summed E-state index contributed by atoms with van der Waals surface area (Å²) >= 11 is 0. The third-order valence-corrected chi connectivity index (χ3v) is 5.26. The zero-order valence-electron chi connectivity index (χ0n) is 16.6. The molecule has 0 radical (unpaired) electrons. The molecule has 5 nitrogen and oxygen atoms in total. The number of pyridine rings is 1. The van der Waals surface area contributed by atoms with Crippen molar-refractivity contribution < 1.29 is 4.74 Å². The van der Waals surface area contributed by atoms with Crippen LogP contribution in [0.25, 0.3) is 22.2 Å². The maximum absolute atomic E-state index is 5.73. The van der Waals surface area contributed by atoms with Crippen molar-refractivity contribution in [2.45, 2.75) is 0 Å². The topological polar surface area (TPSA) is 49.4 Å². The van der Waals surface area contributed by atoms with Crippen LogP contribution in [0.1, 0.15) is 0 Å². The van der Waals surface area contributed by atoms with Gasteiger partial charge < -0.3 is 20.3 Å². The number of nitrogens with one attached hydrogen (secondary N) is 2. The molecule has 0 amide bonds. The monoisotopic (exact) mass is 376 g/mol. The largest absolute Gasteiger partial charge is 0.492 e. The van der Waals surface area contributed by atoms with Crippen LogP contribution in [0.2, 0.25) is 0 Å². The van der Waals surface area contributed by atoms with E-state index in [0.717, 1.165) is 54.6 Å².